The molecule has 3 heterocycles. The molecule has 2 aromatic rings. The summed E-state index contributed by atoms with van der Waals surface area (Å²) in [5, 5.41) is 16.5. The Balaban J connectivity index is 1.59. The lowest BCUT2D eigenvalue weighted by molar-refractivity contribution is 0.0154. The Bertz CT molecular complexity index is 713. The molecule has 21 heavy (non-hydrogen) atoms. The molecule has 8 nitrogen and oxygen atoms in total. The van der Waals surface area contributed by atoms with Crippen LogP contribution in [0.4, 0.5) is 0 Å². The zero-order chi connectivity index (χ0) is 14.8. The van der Waals surface area contributed by atoms with Crippen LogP contribution in [-0.2, 0) is 7.05 Å². The lowest BCUT2D eigenvalue weighted by Gasteiger charge is -2.38. The summed E-state index contributed by atoms with van der Waals surface area (Å²) < 4.78 is 7.11. The summed E-state index contributed by atoms with van der Waals surface area (Å²) in [7, 11) is 1.70. The zero-order valence-electron chi connectivity index (χ0n) is 11.3. The van der Waals surface area contributed by atoms with Gasteiger partial charge in [-0.05, 0) is 12.1 Å². The van der Waals surface area contributed by atoms with Gasteiger partial charge in [0.1, 0.15) is 17.7 Å². The van der Waals surface area contributed by atoms with Gasteiger partial charge in [0.15, 0.2) is 5.69 Å². The molecule has 0 N–H and O–H groups in total. The van der Waals surface area contributed by atoms with E-state index in [1.165, 1.54) is 4.68 Å². The minimum atomic E-state index is -0.176. The van der Waals surface area contributed by atoms with Crippen molar-refractivity contribution in [1.82, 2.24) is 24.9 Å². The van der Waals surface area contributed by atoms with Gasteiger partial charge >= 0.3 is 0 Å². The Hall–Kier alpha value is -2.95. The third-order valence-electron chi connectivity index (χ3n) is 3.13. The van der Waals surface area contributed by atoms with Crippen molar-refractivity contribution in [3.05, 3.63) is 35.8 Å². The second kappa shape index (κ2) is 5.20. The van der Waals surface area contributed by atoms with Crippen LogP contribution in [-0.4, -0.2) is 50.0 Å². The van der Waals surface area contributed by atoms with Crippen LogP contribution in [0.25, 0.3) is 0 Å². The number of ether oxygens (including phenoxy) is 1. The molecule has 0 spiro atoms. The molecular weight excluding hydrogens is 272 g/mol. The largest absolute Gasteiger partial charge is 0.470 e. The van der Waals surface area contributed by atoms with Crippen molar-refractivity contribution in [3.8, 4) is 11.9 Å². The maximum absolute atomic E-state index is 12.0. The molecule has 8 heteroatoms. The number of nitrogens with zero attached hydrogens (tertiary/aromatic N) is 6. The number of carbonyl (C=O) groups is 1. The van der Waals surface area contributed by atoms with Crippen LogP contribution in [0.5, 0.6) is 5.88 Å². The molecule has 1 saturated heterocycles. The number of amides is 1. The summed E-state index contributed by atoms with van der Waals surface area (Å²) >= 11 is 0. The van der Waals surface area contributed by atoms with Crippen molar-refractivity contribution in [2.45, 2.75) is 6.10 Å². The molecule has 0 bridgehead atoms. The summed E-state index contributed by atoms with van der Waals surface area (Å²) in [4.78, 5) is 17.7. The standard InChI is InChI=1S/C13H12N6O2/c1-18-8-11(16-17-18)13(20)19-6-10(7-19)21-12-9(5-14)3-2-4-15-12/h2-4,8,10H,6-7H2,1H3. The van der Waals surface area contributed by atoms with Gasteiger partial charge in [-0.1, -0.05) is 5.21 Å². The number of rotatable bonds is 3. The van der Waals surface area contributed by atoms with E-state index >= 15 is 0 Å². The Morgan fingerprint density at radius 1 is 1.52 bits per heavy atom. The Morgan fingerprint density at radius 2 is 2.33 bits per heavy atom. The summed E-state index contributed by atoms with van der Waals surface area (Å²) in [5.74, 6) is 0.126. The zero-order valence-corrected chi connectivity index (χ0v) is 11.3. The van der Waals surface area contributed by atoms with Gasteiger partial charge in [0.2, 0.25) is 5.88 Å². The number of aryl methyl sites for hydroxylation is 1. The normalized spacial score (nSPS) is 14.4. The quantitative estimate of drug-likeness (QED) is 0.786. The molecule has 1 aliphatic rings. The maximum Gasteiger partial charge on any atom is 0.276 e. The molecule has 1 aliphatic heterocycles. The molecule has 3 rings (SSSR count). The van der Waals surface area contributed by atoms with Crippen LogP contribution < -0.4 is 4.74 Å². The van der Waals surface area contributed by atoms with Crippen molar-refractivity contribution in [2.75, 3.05) is 13.1 Å². The summed E-state index contributed by atoms with van der Waals surface area (Å²) in [6, 6.07) is 5.34. The maximum atomic E-state index is 12.0. The summed E-state index contributed by atoms with van der Waals surface area (Å²) in [5.41, 5.74) is 0.697. The number of hydrogen-bond acceptors (Lipinski definition) is 6. The Kier molecular flexibility index (Phi) is 3.23. The first-order valence-corrected chi connectivity index (χ1v) is 6.34. The lowest BCUT2D eigenvalue weighted by Crippen LogP contribution is -2.56. The predicted molar refractivity (Wildman–Crippen MR) is 70.3 cm³/mol. The van der Waals surface area contributed by atoms with Crippen LogP contribution in [0.1, 0.15) is 16.1 Å². The summed E-state index contributed by atoms with van der Waals surface area (Å²) in [6.07, 6.45) is 2.98. The molecule has 2 aromatic heterocycles. The molecule has 0 aliphatic carbocycles. The van der Waals surface area contributed by atoms with Crippen LogP contribution in [0.3, 0.4) is 0 Å². The summed E-state index contributed by atoms with van der Waals surface area (Å²) in [6.45, 7) is 0.883. The molecule has 106 valence electrons. The highest BCUT2D eigenvalue weighted by Gasteiger charge is 2.34. The predicted octanol–water partition coefficient (Wildman–Crippen LogP) is -0.0148. The fourth-order valence-corrected chi connectivity index (χ4v) is 2.01. The van der Waals surface area contributed by atoms with Gasteiger partial charge in [-0.3, -0.25) is 9.48 Å². The van der Waals surface area contributed by atoms with E-state index < -0.39 is 0 Å². The number of carbonyl (C=O) groups excluding carboxylic acids is 1. The monoisotopic (exact) mass is 284 g/mol. The van der Waals surface area contributed by atoms with Gasteiger partial charge in [0.25, 0.3) is 5.91 Å². The second-order valence-electron chi connectivity index (χ2n) is 4.70. The molecule has 0 saturated carbocycles. The highest BCUT2D eigenvalue weighted by atomic mass is 16.5. The van der Waals surface area contributed by atoms with Crippen LogP contribution >= 0.6 is 0 Å². The fraction of sp³-hybridized carbons (Fsp3) is 0.308. The fourth-order valence-electron chi connectivity index (χ4n) is 2.01. The van der Waals surface area contributed by atoms with E-state index in [4.69, 9.17) is 10.00 Å². The smallest absolute Gasteiger partial charge is 0.276 e. The molecule has 1 fully saturated rings. The average molecular weight is 284 g/mol. The number of hydrogen-bond donors (Lipinski definition) is 0. The van der Waals surface area contributed by atoms with Crippen molar-refractivity contribution < 1.29 is 9.53 Å². The third kappa shape index (κ3) is 2.53. The highest BCUT2D eigenvalue weighted by Crippen LogP contribution is 2.20. The third-order valence-corrected chi connectivity index (χ3v) is 3.13. The molecule has 0 radical (unpaired) electrons. The second-order valence-corrected chi connectivity index (χ2v) is 4.70. The van der Waals surface area contributed by atoms with Crippen LogP contribution in [0, 0.1) is 11.3 Å². The van der Waals surface area contributed by atoms with Gasteiger partial charge < -0.3 is 9.64 Å². The number of likely N-dealkylation sites (tertiary alicyclic amines) is 1. The van der Waals surface area contributed by atoms with Gasteiger partial charge in [-0.25, -0.2) is 4.98 Å². The minimum absolute atomic E-state index is 0.160. The van der Waals surface area contributed by atoms with Crippen molar-refractivity contribution >= 4 is 5.91 Å². The molecule has 1 amide bonds. The van der Waals surface area contributed by atoms with E-state index in [1.807, 2.05) is 6.07 Å². The molecule has 0 aromatic carbocycles. The first-order valence-electron chi connectivity index (χ1n) is 6.34. The van der Waals surface area contributed by atoms with Gasteiger partial charge in [0, 0.05) is 13.2 Å². The number of nitriles is 1. The Morgan fingerprint density at radius 3 is 3.00 bits per heavy atom. The van der Waals surface area contributed by atoms with Gasteiger partial charge in [0.05, 0.1) is 19.3 Å². The van der Waals surface area contributed by atoms with Crippen LogP contribution in [0.15, 0.2) is 24.5 Å². The highest BCUT2D eigenvalue weighted by molar-refractivity contribution is 5.92. The lowest BCUT2D eigenvalue weighted by atomic mass is 10.1. The SMILES string of the molecule is Cn1cc(C(=O)N2CC(Oc3ncccc3C#N)C2)nn1. The van der Waals surface area contributed by atoms with Crippen molar-refractivity contribution in [1.29, 1.82) is 5.26 Å². The first-order chi connectivity index (χ1) is 10.2. The Labute approximate surface area is 120 Å². The van der Waals surface area contributed by atoms with Crippen molar-refractivity contribution in [2.24, 2.45) is 7.05 Å². The van der Waals surface area contributed by atoms with E-state index in [2.05, 4.69) is 15.3 Å². The van der Waals surface area contributed by atoms with E-state index in [0.717, 1.165) is 0 Å². The van der Waals surface area contributed by atoms with E-state index in [0.29, 0.717) is 30.2 Å². The van der Waals surface area contributed by atoms with Crippen LogP contribution in [0.2, 0.25) is 0 Å². The topological polar surface area (TPSA) is 96.9 Å². The van der Waals surface area contributed by atoms with E-state index in [9.17, 15) is 4.79 Å². The average Bonchev–Trinajstić information content (AvgIpc) is 2.89. The van der Waals surface area contributed by atoms with E-state index in [-0.39, 0.29) is 12.0 Å². The molecule has 0 unspecified atom stereocenters. The number of pyridine rings is 1. The molecule has 0 atom stereocenters. The van der Waals surface area contributed by atoms with E-state index in [1.54, 1.807) is 36.5 Å². The number of aromatic nitrogens is 4. The van der Waals surface area contributed by atoms with Crippen molar-refractivity contribution in [3.63, 3.8) is 0 Å². The first kappa shape index (κ1) is 13.1. The molecular formula is C13H12N6O2. The van der Waals surface area contributed by atoms with Gasteiger partial charge in [-0.2, -0.15) is 5.26 Å². The van der Waals surface area contributed by atoms with Gasteiger partial charge in [-0.15, -0.1) is 5.10 Å². The minimum Gasteiger partial charge on any atom is -0.470 e.